The van der Waals surface area contributed by atoms with Crippen molar-refractivity contribution in [2.45, 2.75) is 79.3 Å². The first kappa shape index (κ1) is 17.9. The van der Waals surface area contributed by atoms with Crippen molar-refractivity contribution in [3.05, 3.63) is 0 Å². The van der Waals surface area contributed by atoms with E-state index >= 15 is 0 Å². The smallest absolute Gasteiger partial charge is 0.0306 e. The standard InChI is InChI=1S/C16H36N2/c1-8-12-17-15(13-14(5)9-2)16(6,7)18(10-3)11-4/h14-15,17H,8-13H2,1-7H3. The molecule has 0 saturated carbocycles. The van der Waals surface area contributed by atoms with Crippen LogP contribution in [0.15, 0.2) is 0 Å². The Balaban J connectivity index is 4.78. The van der Waals surface area contributed by atoms with Gasteiger partial charge in [-0.15, -0.1) is 0 Å². The number of hydrogen-bond donors (Lipinski definition) is 1. The van der Waals surface area contributed by atoms with Crippen molar-refractivity contribution < 1.29 is 0 Å². The summed E-state index contributed by atoms with van der Waals surface area (Å²) in [4.78, 5) is 2.59. The van der Waals surface area contributed by atoms with Crippen molar-refractivity contribution in [2.75, 3.05) is 19.6 Å². The first-order valence-electron chi connectivity index (χ1n) is 7.92. The van der Waals surface area contributed by atoms with E-state index in [1.165, 1.54) is 19.3 Å². The average molecular weight is 256 g/mol. The lowest BCUT2D eigenvalue weighted by molar-refractivity contribution is 0.0807. The summed E-state index contributed by atoms with van der Waals surface area (Å²) in [6.45, 7) is 19.7. The van der Waals surface area contributed by atoms with Gasteiger partial charge in [-0.1, -0.05) is 41.0 Å². The molecular formula is C16H36N2. The SMILES string of the molecule is CCCNC(CC(C)CC)C(C)(C)N(CC)CC. The maximum atomic E-state index is 3.78. The van der Waals surface area contributed by atoms with Crippen molar-refractivity contribution >= 4 is 0 Å². The molecule has 2 nitrogen and oxygen atoms in total. The number of nitrogens with one attached hydrogen (secondary N) is 1. The molecule has 0 saturated heterocycles. The van der Waals surface area contributed by atoms with Gasteiger partial charge in [-0.3, -0.25) is 4.90 Å². The molecule has 0 rings (SSSR count). The average Bonchev–Trinajstić information content (AvgIpc) is 2.34. The van der Waals surface area contributed by atoms with E-state index in [0.29, 0.717) is 6.04 Å². The summed E-state index contributed by atoms with van der Waals surface area (Å²) in [6.07, 6.45) is 3.77. The van der Waals surface area contributed by atoms with Crippen LogP contribution in [-0.4, -0.2) is 36.1 Å². The third-order valence-electron chi connectivity index (χ3n) is 4.41. The molecule has 0 fully saturated rings. The van der Waals surface area contributed by atoms with E-state index in [4.69, 9.17) is 0 Å². The van der Waals surface area contributed by atoms with Crippen LogP contribution in [0, 0.1) is 5.92 Å². The third-order valence-corrected chi connectivity index (χ3v) is 4.41. The molecule has 0 bridgehead atoms. The minimum atomic E-state index is 0.238. The second-order valence-electron chi connectivity index (χ2n) is 6.08. The van der Waals surface area contributed by atoms with Crippen molar-refractivity contribution in [1.82, 2.24) is 10.2 Å². The maximum Gasteiger partial charge on any atom is 0.0306 e. The fourth-order valence-corrected chi connectivity index (χ4v) is 2.77. The second-order valence-corrected chi connectivity index (χ2v) is 6.08. The molecule has 0 amide bonds. The van der Waals surface area contributed by atoms with Gasteiger partial charge in [0.15, 0.2) is 0 Å². The van der Waals surface area contributed by atoms with Crippen molar-refractivity contribution in [2.24, 2.45) is 5.92 Å². The maximum absolute atomic E-state index is 3.78. The molecule has 0 radical (unpaired) electrons. The van der Waals surface area contributed by atoms with Gasteiger partial charge in [-0.25, -0.2) is 0 Å². The molecule has 2 heteroatoms. The van der Waals surface area contributed by atoms with Crippen molar-refractivity contribution in [3.63, 3.8) is 0 Å². The van der Waals surface area contributed by atoms with Crippen LogP contribution in [0.5, 0.6) is 0 Å². The molecule has 2 unspecified atom stereocenters. The van der Waals surface area contributed by atoms with E-state index in [0.717, 1.165) is 25.6 Å². The van der Waals surface area contributed by atoms with E-state index in [1.54, 1.807) is 0 Å². The van der Waals surface area contributed by atoms with E-state index in [-0.39, 0.29) is 5.54 Å². The molecule has 0 aromatic carbocycles. The Kier molecular flexibility index (Phi) is 8.89. The topological polar surface area (TPSA) is 15.3 Å². The summed E-state index contributed by atoms with van der Waals surface area (Å²) in [5.41, 5.74) is 0.238. The molecule has 0 heterocycles. The predicted molar refractivity (Wildman–Crippen MR) is 83.2 cm³/mol. The van der Waals surface area contributed by atoms with Crippen LogP contribution in [-0.2, 0) is 0 Å². The van der Waals surface area contributed by atoms with Crippen molar-refractivity contribution in [3.8, 4) is 0 Å². The molecule has 2 atom stereocenters. The number of hydrogen-bond acceptors (Lipinski definition) is 2. The third kappa shape index (κ3) is 5.27. The van der Waals surface area contributed by atoms with E-state index < -0.39 is 0 Å². The highest BCUT2D eigenvalue weighted by Gasteiger charge is 2.33. The Morgan fingerprint density at radius 2 is 1.61 bits per heavy atom. The molecule has 18 heavy (non-hydrogen) atoms. The Labute approximate surface area is 116 Å². The summed E-state index contributed by atoms with van der Waals surface area (Å²) in [5, 5.41) is 3.78. The number of rotatable bonds is 10. The van der Waals surface area contributed by atoms with Gasteiger partial charge < -0.3 is 5.32 Å². The van der Waals surface area contributed by atoms with Gasteiger partial charge in [0, 0.05) is 11.6 Å². The van der Waals surface area contributed by atoms with Gasteiger partial charge in [-0.2, -0.15) is 0 Å². The normalized spacial score (nSPS) is 16.0. The second kappa shape index (κ2) is 8.92. The van der Waals surface area contributed by atoms with E-state index in [9.17, 15) is 0 Å². The molecule has 110 valence electrons. The summed E-state index contributed by atoms with van der Waals surface area (Å²) >= 11 is 0. The fraction of sp³-hybridized carbons (Fsp3) is 1.00. The van der Waals surface area contributed by atoms with Gasteiger partial charge in [0.25, 0.3) is 0 Å². The lowest BCUT2D eigenvalue weighted by Gasteiger charge is -2.45. The van der Waals surface area contributed by atoms with Gasteiger partial charge in [0.1, 0.15) is 0 Å². The largest absolute Gasteiger partial charge is 0.312 e. The molecule has 0 spiro atoms. The monoisotopic (exact) mass is 256 g/mol. The Morgan fingerprint density at radius 1 is 1.06 bits per heavy atom. The number of nitrogens with zero attached hydrogens (tertiary/aromatic N) is 1. The minimum absolute atomic E-state index is 0.238. The summed E-state index contributed by atoms with van der Waals surface area (Å²) in [7, 11) is 0. The molecule has 1 N–H and O–H groups in total. The van der Waals surface area contributed by atoms with Crippen LogP contribution in [0.4, 0.5) is 0 Å². The van der Waals surface area contributed by atoms with Crippen molar-refractivity contribution in [1.29, 1.82) is 0 Å². The fourth-order valence-electron chi connectivity index (χ4n) is 2.77. The van der Waals surface area contributed by atoms with Crippen LogP contribution in [0.25, 0.3) is 0 Å². The highest BCUT2D eigenvalue weighted by atomic mass is 15.2. The van der Waals surface area contributed by atoms with Gasteiger partial charge in [0.2, 0.25) is 0 Å². The van der Waals surface area contributed by atoms with Gasteiger partial charge in [-0.05, 0) is 52.2 Å². The zero-order valence-electron chi connectivity index (χ0n) is 13.8. The van der Waals surface area contributed by atoms with Gasteiger partial charge >= 0.3 is 0 Å². The van der Waals surface area contributed by atoms with E-state index in [1.807, 2.05) is 0 Å². The van der Waals surface area contributed by atoms with Crippen LogP contribution >= 0.6 is 0 Å². The molecule has 0 aliphatic heterocycles. The Morgan fingerprint density at radius 3 is 2.00 bits per heavy atom. The zero-order chi connectivity index (χ0) is 14.2. The Hall–Kier alpha value is -0.0800. The highest BCUT2D eigenvalue weighted by Crippen LogP contribution is 2.25. The molecule has 0 aliphatic rings. The molecule has 0 aromatic rings. The summed E-state index contributed by atoms with van der Waals surface area (Å²) in [6, 6.07) is 0.590. The Bertz CT molecular complexity index is 197. The first-order chi connectivity index (χ1) is 8.43. The number of likely N-dealkylation sites (N-methyl/N-ethyl adjacent to an activating group) is 1. The minimum Gasteiger partial charge on any atom is -0.312 e. The van der Waals surface area contributed by atoms with Crippen LogP contribution in [0.2, 0.25) is 0 Å². The lowest BCUT2D eigenvalue weighted by atomic mass is 9.85. The predicted octanol–water partition coefficient (Wildman–Crippen LogP) is 3.91. The summed E-state index contributed by atoms with van der Waals surface area (Å²) < 4.78 is 0. The van der Waals surface area contributed by atoms with Crippen LogP contribution in [0.1, 0.15) is 67.7 Å². The zero-order valence-corrected chi connectivity index (χ0v) is 13.8. The molecule has 0 aromatic heterocycles. The molecule has 0 aliphatic carbocycles. The molecular weight excluding hydrogens is 220 g/mol. The summed E-state index contributed by atoms with van der Waals surface area (Å²) in [5.74, 6) is 0.800. The van der Waals surface area contributed by atoms with Crippen LogP contribution < -0.4 is 5.32 Å². The van der Waals surface area contributed by atoms with E-state index in [2.05, 4.69) is 58.7 Å². The lowest BCUT2D eigenvalue weighted by Crippen LogP contribution is -2.58. The quantitative estimate of drug-likeness (QED) is 0.637. The highest BCUT2D eigenvalue weighted by molar-refractivity contribution is 4.93. The van der Waals surface area contributed by atoms with Crippen LogP contribution in [0.3, 0.4) is 0 Å². The van der Waals surface area contributed by atoms with Gasteiger partial charge in [0.05, 0.1) is 0 Å². The first-order valence-corrected chi connectivity index (χ1v) is 7.92.